The fourth-order valence-electron chi connectivity index (χ4n) is 1.66. The molecule has 20 heavy (non-hydrogen) atoms. The van der Waals surface area contributed by atoms with E-state index in [4.69, 9.17) is 9.84 Å². The second-order valence-electron chi connectivity index (χ2n) is 4.35. The van der Waals surface area contributed by atoms with Crippen molar-refractivity contribution >= 4 is 17.7 Å². The minimum absolute atomic E-state index is 0.0801. The van der Waals surface area contributed by atoms with E-state index in [0.717, 1.165) is 0 Å². The zero-order valence-corrected chi connectivity index (χ0v) is 12.0. The number of aromatic carboxylic acids is 1. The van der Waals surface area contributed by atoms with Gasteiger partial charge in [-0.15, -0.1) is 0 Å². The number of rotatable bonds is 6. The van der Waals surface area contributed by atoms with E-state index in [0.29, 0.717) is 31.0 Å². The standard InChI is InChI=1S/C14H20N2O4/c1-4-20-9-8-16(3)14(19)15-12-10(2)6-5-7-11(12)13(17)18/h5-7H,4,8-9H2,1-3H3,(H,15,19)(H,17,18). The highest BCUT2D eigenvalue weighted by molar-refractivity contribution is 6.00. The van der Waals surface area contributed by atoms with Crippen LogP contribution in [0.5, 0.6) is 0 Å². The Morgan fingerprint density at radius 1 is 1.40 bits per heavy atom. The highest BCUT2D eigenvalue weighted by Gasteiger charge is 2.16. The molecule has 0 bridgehead atoms. The molecule has 0 aliphatic heterocycles. The van der Waals surface area contributed by atoms with Crippen LogP contribution in [0.15, 0.2) is 18.2 Å². The van der Waals surface area contributed by atoms with E-state index in [-0.39, 0.29) is 11.6 Å². The Kier molecular flexibility index (Phi) is 5.99. The summed E-state index contributed by atoms with van der Waals surface area (Å²) < 4.78 is 5.17. The van der Waals surface area contributed by atoms with Crippen molar-refractivity contribution in [1.29, 1.82) is 0 Å². The lowest BCUT2D eigenvalue weighted by Gasteiger charge is -2.19. The molecule has 1 rings (SSSR count). The van der Waals surface area contributed by atoms with Gasteiger partial charge >= 0.3 is 12.0 Å². The van der Waals surface area contributed by atoms with Crippen LogP contribution in [0.25, 0.3) is 0 Å². The number of amides is 2. The average molecular weight is 280 g/mol. The molecular weight excluding hydrogens is 260 g/mol. The molecule has 0 saturated heterocycles. The highest BCUT2D eigenvalue weighted by atomic mass is 16.5. The van der Waals surface area contributed by atoms with Crippen molar-refractivity contribution in [2.24, 2.45) is 0 Å². The zero-order chi connectivity index (χ0) is 15.1. The summed E-state index contributed by atoms with van der Waals surface area (Å²) in [6.07, 6.45) is 0. The highest BCUT2D eigenvalue weighted by Crippen LogP contribution is 2.20. The first-order valence-corrected chi connectivity index (χ1v) is 6.40. The minimum atomic E-state index is -1.07. The maximum atomic E-state index is 12.0. The van der Waals surface area contributed by atoms with Gasteiger partial charge in [0.1, 0.15) is 0 Å². The van der Waals surface area contributed by atoms with E-state index >= 15 is 0 Å². The van der Waals surface area contributed by atoms with Gasteiger partial charge in [-0.1, -0.05) is 12.1 Å². The predicted molar refractivity (Wildman–Crippen MR) is 76.3 cm³/mol. The number of nitrogens with one attached hydrogen (secondary N) is 1. The molecule has 0 unspecified atom stereocenters. The van der Waals surface area contributed by atoms with E-state index in [1.165, 1.54) is 11.0 Å². The number of urea groups is 1. The molecule has 2 amide bonds. The van der Waals surface area contributed by atoms with Crippen molar-refractivity contribution in [2.75, 3.05) is 32.1 Å². The van der Waals surface area contributed by atoms with E-state index in [1.54, 1.807) is 26.1 Å². The van der Waals surface area contributed by atoms with Crippen molar-refractivity contribution < 1.29 is 19.4 Å². The first-order valence-electron chi connectivity index (χ1n) is 6.40. The van der Waals surface area contributed by atoms with Gasteiger partial charge in [-0.3, -0.25) is 0 Å². The number of carboxylic acid groups (broad SMARTS) is 1. The van der Waals surface area contributed by atoms with E-state index < -0.39 is 5.97 Å². The van der Waals surface area contributed by atoms with Gasteiger partial charge in [0, 0.05) is 20.2 Å². The molecule has 0 heterocycles. The van der Waals surface area contributed by atoms with Crippen LogP contribution in [0.4, 0.5) is 10.5 Å². The number of para-hydroxylation sites is 1. The fourth-order valence-corrected chi connectivity index (χ4v) is 1.66. The molecule has 0 radical (unpaired) electrons. The number of carboxylic acids is 1. The van der Waals surface area contributed by atoms with Crippen LogP contribution in [0.3, 0.4) is 0 Å². The molecule has 0 aliphatic carbocycles. The molecule has 0 fully saturated rings. The second kappa shape index (κ2) is 7.49. The molecule has 110 valence electrons. The Morgan fingerprint density at radius 2 is 2.10 bits per heavy atom. The van der Waals surface area contributed by atoms with Gasteiger partial charge in [-0.2, -0.15) is 0 Å². The van der Waals surface area contributed by atoms with Crippen molar-refractivity contribution in [3.63, 3.8) is 0 Å². The van der Waals surface area contributed by atoms with Crippen LogP contribution in [0, 0.1) is 6.92 Å². The molecule has 1 aromatic rings. The van der Waals surface area contributed by atoms with Gasteiger partial charge in [-0.05, 0) is 25.5 Å². The smallest absolute Gasteiger partial charge is 0.337 e. The van der Waals surface area contributed by atoms with Crippen LogP contribution < -0.4 is 5.32 Å². The summed E-state index contributed by atoms with van der Waals surface area (Å²) in [7, 11) is 1.63. The fraction of sp³-hybridized carbons (Fsp3) is 0.429. The van der Waals surface area contributed by atoms with Crippen molar-refractivity contribution in [3.05, 3.63) is 29.3 Å². The maximum absolute atomic E-state index is 12.0. The number of hydrogen-bond donors (Lipinski definition) is 2. The summed E-state index contributed by atoms with van der Waals surface area (Å²) in [4.78, 5) is 24.6. The molecule has 0 spiro atoms. The van der Waals surface area contributed by atoms with E-state index in [2.05, 4.69) is 5.32 Å². The van der Waals surface area contributed by atoms with Crippen molar-refractivity contribution in [2.45, 2.75) is 13.8 Å². The minimum Gasteiger partial charge on any atom is -0.478 e. The van der Waals surface area contributed by atoms with Crippen LogP contribution >= 0.6 is 0 Å². The molecule has 0 saturated carbocycles. The number of aryl methyl sites for hydroxylation is 1. The summed E-state index contributed by atoms with van der Waals surface area (Å²) in [5.41, 5.74) is 1.11. The van der Waals surface area contributed by atoms with Gasteiger partial charge < -0.3 is 20.1 Å². The van der Waals surface area contributed by atoms with Crippen molar-refractivity contribution in [1.82, 2.24) is 4.90 Å². The van der Waals surface area contributed by atoms with Gasteiger partial charge in [0.05, 0.1) is 17.9 Å². The molecule has 6 nitrogen and oxygen atoms in total. The summed E-state index contributed by atoms with van der Waals surface area (Å²) in [5, 5.41) is 11.8. The normalized spacial score (nSPS) is 10.2. The number of likely N-dealkylation sites (N-methyl/N-ethyl adjacent to an activating group) is 1. The first kappa shape index (κ1) is 16.0. The molecule has 2 N–H and O–H groups in total. The molecule has 0 atom stereocenters. The molecule has 0 aliphatic rings. The SMILES string of the molecule is CCOCCN(C)C(=O)Nc1c(C)cccc1C(=O)O. The Bertz CT molecular complexity index is 488. The summed E-state index contributed by atoms with van der Waals surface area (Å²) in [5.74, 6) is -1.07. The van der Waals surface area contributed by atoms with Crippen LogP contribution in [-0.2, 0) is 4.74 Å². The Morgan fingerprint density at radius 3 is 2.70 bits per heavy atom. The average Bonchev–Trinajstić information content (AvgIpc) is 2.40. The molecule has 6 heteroatoms. The third-order valence-corrected chi connectivity index (χ3v) is 2.86. The Hall–Kier alpha value is -2.08. The lowest BCUT2D eigenvalue weighted by Crippen LogP contribution is -2.34. The van der Waals surface area contributed by atoms with Gasteiger partial charge in [0.2, 0.25) is 0 Å². The molecule has 1 aromatic carbocycles. The Labute approximate surface area is 118 Å². The monoisotopic (exact) mass is 280 g/mol. The number of benzene rings is 1. The second-order valence-corrected chi connectivity index (χ2v) is 4.35. The lowest BCUT2D eigenvalue weighted by atomic mass is 10.1. The molecule has 0 aromatic heterocycles. The first-order chi connectivity index (χ1) is 9.47. The van der Waals surface area contributed by atoms with E-state index in [9.17, 15) is 9.59 Å². The third kappa shape index (κ3) is 4.24. The zero-order valence-electron chi connectivity index (χ0n) is 12.0. The quantitative estimate of drug-likeness (QED) is 0.783. The van der Waals surface area contributed by atoms with Gasteiger partial charge in [0.15, 0.2) is 0 Å². The third-order valence-electron chi connectivity index (χ3n) is 2.86. The number of ether oxygens (including phenoxy) is 1. The van der Waals surface area contributed by atoms with Gasteiger partial charge in [0.25, 0.3) is 0 Å². The Balaban J connectivity index is 2.77. The topological polar surface area (TPSA) is 78.9 Å². The summed E-state index contributed by atoms with van der Waals surface area (Å²) in [6, 6.07) is 4.50. The number of anilines is 1. The predicted octanol–water partition coefficient (Wildman–Crippen LogP) is 2.19. The maximum Gasteiger partial charge on any atom is 0.337 e. The number of hydrogen-bond acceptors (Lipinski definition) is 3. The number of carbonyl (C=O) groups is 2. The van der Waals surface area contributed by atoms with Gasteiger partial charge in [-0.25, -0.2) is 9.59 Å². The van der Waals surface area contributed by atoms with Crippen LogP contribution in [0.2, 0.25) is 0 Å². The van der Waals surface area contributed by atoms with Crippen molar-refractivity contribution in [3.8, 4) is 0 Å². The summed E-state index contributed by atoms with van der Waals surface area (Å²) in [6.45, 7) is 5.11. The van der Waals surface area contributed by atoms with E-state index in [1.807, 2.05) is 6.92 Å². The number of nitrogens with zero attached hydrogens (tertiary/aromatic N) is 1. The van der Waals surface area contributed by atoms with Crippen LogP contribution in [0.1, 0.15) is 22.8 Å². The molecular formula is C14H20N2O4. The summed E-state index contributed by atoms with van der Waals surface area (Å²) >= 11 is 0. The largest absolute Gasteiger partial charge is 0.478 e. The number of carbonyl (C=O) groups excluding carboxylic acids is 1. The van der Waals surface area contributed by atoms with Crippen LogP contribution in [-0.4, -0.2) is 48.8 Å². The lowest BCUT2D eigenvalue weighted by molar-refractivity contribution is 0.0698.